The molecule has 2 aliphatic rings. The van der Waals surface area contributed by atoms with Crippen LogP contribution in [0.2, 0.25) is 0 Å². The molecule has 0 radical (unpaired) electrons. The van der Waals surface area contributed by atoms with Crippen molar-refractivity contribution < 1.29 is 14.3 Å². The predicted molar refractivity (Wildman–Crippen MR) is 110 cm³/mol. The normalized spacial score (nSPS) is 17.5. The Bertz CT molecular complexity index is 875. The Balaban J connectivity index is 1.35. The van der Waals surface area contributed by atoms with Crippen LogP contribution in [-0.2, 0) is 4.79 Å². The first-order valence-corrected chi connectivity index (χ1v) is 9.78. The molecule has 0 spiro atoms. The zero-order valence-electron chi connectivity index (χ0n) is 16.7. The van der Waals surface area contributed by atoms with E-state index in [1.807, 2.05) is 25.1 Å². The highest BCUT2D eigenvalue weighted by molar-refractivity contribution is 5.94. The van der Waals surface area contributed by atoms with E-state index in [1.165, 1.54) is 16.8 Å². The summed E-state index contributed by atoms with van der Waals surface area (Å²) >= 11 is 0. The van der Waals surface area contributed by atoms with Gasteiger partial charge in [0.25, 0.3) is 0 Å². The van der Waals surface area contributed by atoms with E-state index in [9.17, 15) is 4.79 Å². The molecule has 2 heterocycles. The van der Waals surface area contributed by atoms with Crippen molar-refractivity contribution in [2.45, 2.75) is 26.8 Å². The molecule has 2 aliphatic heterocycles. The van der Waals surface area contributed by atoms with Crippen LogP contribution in [0, 0.1) is 13.8 Å². The highest BCUT2D eigenvalue weighted by Crippen LogP contribution is 2.34. The van der Waals surface area contributed by atoms with Gasteiger partial charge in [-0.2, -0.15) is 0 Å². The number of carbonyl (C=O) groups excluding carboxylic acids is 1. The fraction of sp³-hybridized carbons (Fsp3) is 0.409. The number of fused-ring (bicyclic) bond motifs is 1. The topological polar surface area (TPSA) is 54.0 Å². The average Bonchev–Trinajstić information content (AvgIpc) is 3.17. The lowest BCUT2D eigenvalue weighted by molar-refractivity contribution is -0.120. The summed E-state index contributed by atoms with van der Waals surface area (Å²) in [5, 5.41) is 3.00. The van der Waals surface area contributed by atoms with E-state index in [2.05, 4.69) is 47.2 Å². The maximum absolute atomic E-state index is 12.7. The molecular formula is C22H27N3O3. The molecule has 1 fully saturated rings. The third-order valence-corrected chi connectivity index (χ3v) is 5.80. The summed E-state index contributed by atoms with van der Waals surface area (Å²) in [6, 6.07) is 11.7. The fourth-order valence-corrected chi connectivity index (χ4v) is 3.82. The van der Waals surface area contributed by atoms with E-state index in [-0.39, 0.29) is 18.7 Å². The van der Waals surface area contributed by atoms with Gasteiger partial charge in [-0.1, -0.05) is 12.1 Å². The Morgan fingerprint density at radius 2 is 1.79 bits per heavy atom. The average molecular weight is 381 g/mol. The second kappa shape index (κ2) is 7.72. The molecule has 1 amide bonds. The third-order valence-electron chi connectivity index (χ3n) is 5.80. The van der Waals surface area contributed by atoms with Crippen molar-refractivity contribution in [3.63, 3.8) is 0 Å². The van der Waals surface area contributed by atoms with Crippen LogP contribution >= 0.6 is 0 Å². The molecule has 2 aromatic rings. The smallest absolute Gasteiger partial charge is 0.241 e. The number of hydrogen-bond acceptors (Lipinski definition) is 5. The number of carbonyl (C=O) groups is 1. The number of rotatable bonds is 4. The predicted octanol–water partition coefficient (Wildman–Crippen LogP) is 3.18. The molecule has 0 aliphatic carbocycles. The number of anilines is 2. The van der Waals surface area contributed by atoms with Crippen molar-refractivity contribution >= 4 is 17.3 Å². The second-order valence-corrected chi connectivity index (χ2v) is 7.48. The first-order chi connectivity index (χ1) is 13.5. The lowest BCUT2D eigenvalue weighted by Crippen LogP contribution is -2.53. The van der Waals surface area contributed by atoms with Crippen molar-refractivity contribution in [1.29, 1.82) is 0 Å². The van der Waals surface area contributed by atoms with Crippen molar-refractivity contribution in [2.75, 3.05) is 43.2 Å². The molecule has 148 valence electrons. The highest BCUT2D eigenvalue weighted by atomic mass is 16.7. The van der Waals surface area contributed by atoms with Crippen LogP contribution in [0.15, 0.2) is 36.4 Å². The van der Waals surface area contributed by atoms with Crippen molar-refractivity contribution in [3.05, 3.63) is 47.5 Å². The number of benzene rings is 2. The third kappa shape index (κ3) is 3.64. The summed E-state index contributed by atoms with van der Waals surface area (Å²) in [6.45, 7) is 10.1. The van der Waals surface area contributed by atoms with Gasteiger partial charge in [0.05, 0.1) is 6.04 Å². The van der Waals surface area contributed by atoms with E-state index in [1.54, 1.807) is 0 Å². The molecule has 0 unspecified atom stereocenters. The maximum atomic E-state index is 12.7. The number of nitrogens with one attached hydrogen (secondary N) is 1. The van der Waals surface area contributed by atoms with Gasteiger partial charge in [-0.05, 0) is 50.1 Å². The molecule has 1 saturated heterocycles. The summed E-state index contributed by atoms with van der Waals surface area (Å²) in [5.41, 5.74) is 4.69. The van der Waals surface area contributed by atoms with Crippen LogP contribution in [0.5, 0.6) is 11.5 Å². The summed E-state index contributed by atoms with van der Waals surface area (Å²) in [4.78, 5) is 17.4. The lowest BCUT2D eigenvalue weighted by Gasteiger charge is -2.39. The van der Waals surface area contributed by atoms with Crippen LogP contribution in [0.25, 0.3) is 0 Å². The van der Waals surface area contributed by atoms with Gasteiger partial charge < -0.3 is 19.7 Å². The van der Waals surface area contributed by atoms with Gasteiger partial charge in [0.15, 0.2) is 11.5 Å². The summed E-state index contributed by atoms with van der Waals surface area (Å²) in [6.07, 6.45) is 0. The molecule has 2 aromatic carbocycles. The highest BCUT2D eigenvalue weighted by Gasteiger charge is 2.26. The number of hydrogen-bond donors (Lipinski definition) is 1. The Hall–Kier alpha value is -2.73. The first kappa shape index (κ1) is 18.6. The molecule has 0 bridgehead atoms. The van der Waals surface area contributed by atoms with Crippen LogP contribution in [0.1, 0.15) is 18.1 Å². The van der Waals surface area contributed by atoms with Crippen molar-refractivity contribution in [3.8, 4) is 11.5 Å². The van der Waals surface area contributed by atoms with Gasteiger partial charge in [0.2, 0.25) is 12.7 Å². The van der Waals surface area contributed by atoms with Gasteiger partial charge in [0, 0.05) is 43.6 Å². The van der Waals surface area contributed by atoms with Gasteiger partial charge in [-0.25, -0.2) is 0 Å². The summed E-state index contributed by atoms with van der Waals surface area (Å²) < 4.78 is 10.7. The maximum Gasteiger partial charge on any atom is 0.241 e. The summed E-state index contributed by atoms with van der Waals surface area (Å²) in [7, 11) is 0. The minimum Gasteiger partial charge on any atom is -0.454 e. The lowest BCUT2D eigenvalue weighted by atomic mass is 10.1. The Kier molecular flexibility index (Phi) is 5.13. The monoisotopic (exact) mass is 381 g/mol. The molecule has 1 N–H and O–H groups in total. The number of nitrogens with zero attached hydrogens (tertiary/aromatic N) is 2. The number of ether oxygens (including phenoxy) is 2. The summed E-state index contributed by atoms with van der Waals surface area (Å²) in [5.74, 6) is 1.39. The Morgan fingerprint density at radius 1 is 1.04 bits per heavy atom. The quantitative estimate of drug-likeness (QED) is 0.882. The van der Waals surface area contributed by atoms with E-state index < -0.39 is 0 Å². The molecule has 1 atom stereocenters. The molecular weight excluding hydrogens is 354 g/mol. The molecule has 6 heteroatoms. The molecule has 0 saturated carbocycles. The second-order valence-electron chi connectivity index (χ2n) is 7.48. The molecule has 4 rings (SSSR count). The Labute approximate surface area is 166 Å². The van der Waals surface area contributed by atoms with Gasteiger partial charge >= 0.3 is 0 Å². The number of piperazine rings is 1. The van der Waals surface area contributed by atoms with Gasteiger partial charge in [-0.3, -0.25) is 9.69 Å². The molecule has 28 heavy (non-hydrogen) atoms. The number of aryl methyl sites for hydroxylation is 1. The number of amides is 1. The van der Waals surface area contributed by atoms with E-state index >= 15 is 0 Å². The zero-order valence-corrected chi connectivity index (χ0v) is 16.7. The Morgan fingerprint density at radius 3 is 2.57 bits per heavy atom. The van der Waals surface area contributed by atoms with E-state index in [0.29, 0.717) is 11.5 Å². The van der Waals surface area contributed by atoms with Gasteiger partial charge in [0.1, 0.15) is 0 Å². The van der Waals surface area contributed by atoms with E-state index in [4.69, 9.17) is 9.47 Å². The largest absolute Gasteiger partial charge is 0.454 e. The first-order valence-electron chi connectivity index (χ1n) is 9.78. The fourth-order valence-electron chi connectivity index (χ4n) is 3.82. The zero-order chi connectivity index (χ0) is 19.7. The van der Waals surface area contributed by atoms with Crippen LogP contribution in [0.4, 0.5) is 11.4 Å². The van der Waals surface area contributed by atoms with Crippen molar-refractivity contribution in [2.24, 2.45) is 0 Å². The van der Waals surface area contributed by atoms with E-state index in [0.717, 1.165) is 31.9 Å². The van der Waals surface area contributed by atoms with Crippen LogP contribution in [-0.4, -0.2) is 49.8 Å². The van der Waals surface area contributed by atoms with Crippen LogP contribution < -0.4 is 19.7 Å². The van der Waals surface area contributed by atoms with Crippen molar-refractivity contribution in [1.82, 2.24) is 4.90 Å². The molecule has 6 nitrogen and oxygen atoms in total. The minimum absolute atomic E-state index is 0.000878. The standard InChI is InChI=1S/C22H27N3O3/c1-15-5-4-6-19(16(15)2)25-11-9-24(10-12-25)17(3)22(26)23-18-7-8-20-21(13-18)28-14-27-20/h4-8,13,17H,9-12,14H2,1-3H3,(H,23,26)/t17-/m1/s1. The minimum atomic E-state index is -0.189. The SMILES string of the molecule is Cc1cccc(N2CCN([C@H](C)C(=O)Nc3ccc4c(c3)OCO4)CC2)c1C. The van der Waals surface area contributed by atoms with Crippen LogP contribution in [0.3, 0.4) is 0 Å². The van der Waals surface area contributed by atoms with Gasteiger partial charge in [-0.15, -0.1) is 0 Å². The molecule has 0 aromatic heterocycles.